The van der Waals surface area contributed by atoms with Crippen molar-refractivity contribution in [2.45, 2.75) is 6.18 Å². The first-order chi connectivity index (χ1) is 16.2. The van der Waals surface area contributed by atoms with Crippen LogP contribution < -0.4 is 5.43 Å². The lowest BCUT2D eigenvalue weighted by Crippen LogP contribution is -2.18. The molecule has 0 saturated heterocycles. The maximum absolute atomic E-state index is 13.3. The van der Waals surface area contributed by atoms with Gasteiger partial charge in [-0.05, 0) is 6.07 Å². The van der Waals surface area contributed by atoms with Crippen LogP contribution in [0.3, 0.4) is 0 Å². The van der Waals surface area contributed by atoms with Crippen LogP contribution in [0, 0.1) is 10.1 Å². The number of benzene rings is 2. The van der Waals surface area contributed by atoms with E-state index in [1.807, 2.05) is 0 Å². The molecule has 13 heteroatoms. The average Bonchev–Trinajstić information content (AvgIpc) is 3.47. The van der Waals surface area contributed by atoms with Crippen molar-refractivity contribution in [2.24, 2.45) is 5.10 Å². The molecule has 0 bridgehead atoms. The number of nitro benzene ring substituents is 1. The predicted octanol–water partition coefficient (Wildman–Crippen LogP) is 4.69. The number of rotatable bonds is 6. The van der Waals surface area contributed by atoms with Gasteiger partial charge in [0, 0.05) is 28.6 Å². The van der Waals surface area contributed by atoms with Gasteiger partial charge in [0.25, 0.3) is 11.6 Å². The monoisotopic (exact) mass is 486 g/mol. The van der Waals surface area contributed by atoms with Gasteiger partial charge in [-0.25, -0.2) is 15.1 Å². The molecule has 34 heavy (non-hydrogen) atoms. The fraction of sp³-hybridized carbons (Fsp3) is 0.0476. The number of nitrogens with zero attached hydrogens (tertiary/aromatic N) is 5. The molecule has 0 saturated carbocycles. The molecule has 4 aromatic rings. The van der Waals surface area contributed by atoms with E-state index in [4.69, 9.17) is 0 Å². The minimum atomic E-state index is -4.66. The SMILES string of the molecule is O=C(N/N=C\c1cccc([N+](=O)[O-])c1)c1csc(-n2nc(C(F)(F)F)cc2-c2ccccc2)n1. The predicted molar refractivity (Wildman–Crippen MR) is 118 cm³/mol. The fourth-order valence-electron chi connectivity index (χ4n) is 2.89. The standard InChI is InChI=1S/C21H13F3N6O3S/c22-21(23,24)18-10-17(14-6-2-1-3-7-14)29(28-18)20-26-16(12-34-20)19(31)27-25-11-13-5-4-8-15(9-13)30(32)33/h1-12H,(H,27,31)/b25-11-. The summed E-state index contributed by atoms with van der Waals surface area (Å²) in [4.78, 5) is 26.7. The molecule has 2 heterocycles. The molecule has 0 radical (unpaired) electrons. The fourth-order valence-corrected chi connectivity index (χ4v) is 3.65. The van der Waals surface area contributed by atoms with Crippen molar-refractivity contribution in [3.8, 4) is 16.4 Å². The highest BCUT2D eigenvalue weighted by Crippen LogP contribution is 2.33. The highest BCUT2D eigenvalue weighted by atomic mass is 32.1. The van der Waals surface area contributed by atoms with E-state index in [1.54, 1.807) is 36.4 Å². The summed E-state index contributed by atoms with van der Waals surface area (Å²) >= 11 is 0.933. The molecule has 0 aliphatic heterocycles. The zero-order chi connectivity index (χ0) is 24.3. The number of non-ortho nitro benzene ring substituents is 1. The first kappa shape index (κ1) is 22.8. The Bertz CT molecular complexity index is 1380. The third-order valence-corrected chi connectivity index (χ3v) is 5.25. The van der Waals surface area contributed by atoms with Crippen LogP contribution >= 0.6 is 11.3 Å². The number of nitro groups is 1. The first-order valence-corrected chi connectivity index (χ1v) is 10.4. The van der Waals surface area contributed by atoms with Crippen LogP contribution in [-0.4, -0.2) is 31.8 Å². The maximum Gasteiger partial charge on any atom is 0.435 e. The van der Waals surface area contributed by atoms with Gasteiger partial charge in [0.2, 0.25) is 5.13 Å². The summed E-state index contributed by atoms with van der Waals surface area (Å²) < 4.78 is 40.9. The normalized spacial score (nSPS) is 11.6. The second-order valence-corrected chi connectivity index (χ2v) is 7.59. The molecule has 2 aromatic carbocycles. The van der Waals surface area contributed by atoms with Gasteiger partial charge < -0.3 is 0 Å². The highest BCUT2D eigenvalue weighted by molar-refractivity contribution is 7.12. The average molecular weight is 486 g/mol. The van der Waals surface area contributed by atoms with Gasteiger partial charge in [-0.15, -0.1) is 11.3 Å². The van der Waals surface area contributed by atoms with Gasteiger partial charge in [0.15, 0.2) is 5.69 Å². The van der Waals surface area contributed by atoms with Gasteiger partial charge >= 0.3 is 6.18 Å². The lowest BCUT2D eigenvalue weighted by atomic mass is 10.1. The van der Waals surface area contributed by atoms with E-state index in [2.05, 4.69) is 20.6 Å². The quantitative estimate of drug-likeness (QED) is 0.241. The Kier molecular flexibility index (Phi) is 6.19. The summed E-state index contributed by atoms with van der Waals surface area (Å²) in [6, 6.07) is 14.9. The second kappa shape index (κ2) is 9.23. The van der Waals surface area contributed by atoms with Crippen molar-refractivity contribution < 1.29 is 22.9 Å². The van der Waals surface area contributed by atoms with E-state index in [9.17, 15) is 28.1 Å². The lowest BCUT2D eigenvalue weighted by molar-refractivity contribution is -0.384. The number of carbonyl (C=O) groups excluding carboxylic acids is 1. The Hall–Kier alpha value is -4.39. The van der Waals surface area contributed by atoms with Gasteiger partial charge in [0.1, 0.15) is 5.69 Å². The Morgan fingerprint density at radius 1 is 1.15 bits per heavy atom. The topological polar surface area (TPSA) is 115 Å². The molecule has 2 aromatic heterocycles. The molecule has 4 rings (SSSR count). The number of carbonyl (C=O) groups is 1. The number of alkyl halides is 3. The van der Waals surface area contributed by atoms with Crippen molar-refractivity contribution >= 4 is 29.1 Å². The smallest absolute Gasteiger partial charge is 0.266 e. The van der Waals surface area contributed by atoms with E-state index in [1.165, 1.54) is 29.8 Å². The zero-order valence-corrected chi connectivity index (χ0v) is 17.7. The molecule has 0 fully saturated rings. The molecule has 172 valence electrons. The van der Waals surface area contributed by atoms with Gasteiger partial charge in [-0.2, -0.15) is 23.4 Å². The molecular weight excluding hydrogens is 473 g/mol. The Labute approximate surface area is 193 Å². The zero-order valence-electron chi connectivity index (χ0n) is 16.9. The van der Waals surface area contributed by atoms with E-state index in [0.717, 1.165) is 22.1 Å². The van der Waals surface area contributed by atoms with Gasteiger partial charge in [-0.1, -0.05) is 42.5 Å². The van der Waals surface area contributed by atoms with E-state index >= 15 is 0 Å². The minimum Gasteiger partial charge on any atom is -0.266 e. The van der Waals surface area contributed by atoms with Crippen molar-refractivity contribution in [1.82, 2.24) is 20.2 Å². The van der Waals surface area contributed by atoms with Gasteiger partial charge in [0.05, 0.1) is 16.8 Å². The Morgan fingerprint density at radius 3 is 2.62 bits per heavy atom. The van der Waals surface area contributed by atoms with Crippen LogP contribution in [0.1, 0.15) is 21.7 Å². The number of halogens is 3. The summed E-state index contributed by atoms with van der Waals surface area (Å²) in [6.45, 7) is 0. The number of hydrogen-bond donors (Lipinski definition) is 1. The number of aromatic nitrogens is 3. The second-order valence-electron chi connectivity index (χ2n) is 6.76. The van der Waals surface area contributed by atoms with E-state index in [-0.39, 0.29) is 22.2 Å². The Morgan fingerprint density at radius 2 is 1.91 bits per heavy atom. The highest BCUT2D eigenvalue weighted by Gasteiger charge is 2.35. The summed E-state index contributed by atoms with van der Waals surface area (Å²) in [5.41, 5.74) is 1.97. The van der Waals surface area contributed by atoms with Crippen LogP contribution in [0.5, 0.6) is 0 Å². The molecule has 1 amide bonds. The molecule has 0 spiro atoms. The number of amides is 1. The van der Waals surface area contributed by atoms with Crippen molar-refractivity contribution in [3.63, 3.8) is 0 Å². The summed E-state index contributed by atoms with van der Waals surface area (Å²) in [5.74, 6) is -0.714. The molecule has 0 atom stereocenters. The molecule has 0 unspecified atom stereocenters. The van der Waals surface area contributed by atoms with Gasteiger partial charge in [-0.3, -0.25) is 14.9 Å². The van der Waals surface area contributed by atoms with Crippen LogP contribution in [0.4, 0.5) is 18.9 Å². The first-order valence-electron chi connectivity index (χ1n) is 9.49. The van der Waals surface area contributed by atoms with Crippen molar-refractivity contribution in [3.05, 3.63) is 93.1 Å². The van der Waals surface area contributed by atoms with Crippen molar-refractivity contribution in [2.75, 3.05) is 0 Å². The van der Waals surface area contributed by atoms with E-state index < -0.39 is 22.7 Å². The third kappa shape index (κ3) is 4.99. The largest absolute Gasteiger partial charge is 0.435 e. The number of thiazole rings is 1. The lowest BCUT2D eigenvalue weighted by Gasteiger charge is -2.03. The number of nitrogens with one attached hydrogen (secondary N) is 1. The summed E-state index contributed by atoms with van der Waals surface area (Å²) in [7, 11) is 0. The van der Waals surface area contributed by atoms with Crippen LogP contribution in [0.15, 0.2) is 71.1 Å². The van der Waals surface area contributed by atoms with E-state index in [0.29, 0.717) is 11.1 Å². The minimum absolute atomic E-state index is 0.0576. The van der Waals surface area contributed by atoms with Crippen LogP contribution in [-0.2, 0) is 6.18 Å². The molecule has 1 N–H and O–H groups in total. The number of hydrogen-bond acceptors (Lipinski definition) is 7. The maximum atomic E-state index is 13.3. The third-order valence-electron chi connectivity index (χ3n) is 4.44. The Balaban J connectivity index is 1.56. The summed E-state index contributed by atoms with van der Waals surface area (Å²) in [5, 5.41) is 19.6. The van der Waals surface area contributed by atoms with Crippen LogP contribution in [0.25, 0.3) is 16.4 Å². The molecular formula is C21H13F3N6O3S. The van der Waals surface area contributed by atoms with Crippen LogP contribution in [0.2, 0.25) is 0 Å². The molecule has 0 aliphatic rings. The van der Waals surface area contributed by atoms with Crippen molar-refractivity contribution in [1.29, 1.82) is 0 Å². The summed E-state index contributed by atoms with van der Waals surface area (Å²) in [6.07, 6.45) is -3.44. The molecule has 9 nitrogen and oxygen atoms in total. The number of hydrazone groups is 1. The molecule has 0 aliphatic carbocycles.